The molecule has 0 spiro atoms. The van der Waals surface area contributed by atoms with Crippen LogP contribution in [0.3, 0.4) is 0 Å². The summed E-state index contributed by atoms with van der Waals surface area (Å²) in [6.45, 7) is 0. The van der Waals surface area contributed by atoms with Gasteiger partial charge in [0.25, 0.3) is 0 Å². The molecule has 0 aliphatic rings. The van der Waals surface area contributed by atoms with E-state index in [0.29, 0.717) is 0 Å². The van der Waals surface area contributed by atoms with Crippen LogP contribution < -0.4 is 0 Å². The summed E-state index contributed by atoms with van der Waals surface area (Å²) in [7, 11) is -60.5. The molecule has 6 atom stereocenters. The zero-order valence-electron chi connectivity index (χ0n) is 21.8. The first kappa shape index (κ1) is 49.5. The molecule has 37 heteroatoms. The summed E-state index contributed by atoms with van der Waals surface area (Å²) in [4.78, 5) is 175. The van der Waals surface area contributed by atoms with Gasteiger partial charge in [-0.15, -0.1) is 0 Å². The van der Waals surface area contributed by atoms with Crippen molar-refractivity contribution in [2.45, 2.75) is 39.6 Å². The standard InChI is InChI=1S/C9H29O27P9.B/c10-37(11,12)1-3(39(16,17)18)5(41(22,23)24)7(43(28,29)30)9(45(34,35)36)8(44(31,32)33)6(42(25,26)27)4(40(19,20)21)2-38(13,14)15;/h3-9H,1-2H2,(H2,10,11,12)(H2,13,14,15)(H2,16,17,18)(H2,19,20,21)(H2,22,23,24)(H2,25,26,27)(H2,28,29,30)(H2,31,32,33)(H2,34,35,36);. The van der Waals surface area contributed by atoms with Crippen LogP contribution >= 0.6 is 68.4 Å². The Morgan fingerprint density at radius 3 is 0.543 bits per heavy atom. The van der Waals surface area contributed by atoms with Gasteiger partial charge in [0.05, 0.1) is 51.9 Å². The quantitative estimate of drug-likeness (QED) is 0.0487. The molecule has 0 aromatic rings. The SMILES string of the molecule is O=P(O)(O)CC(C(C(C(C(C(C(CP(=O)(O)O)P(=O)(O)O)P(=O)(O)O)P(=O)(O)O)P(=O)(O)O)P(=O)(O)O)P(=O)(O)O)P(=O)(O)O.[B]. The second kappa shape index (κ2) is 15.6. The van der Waals surface area contributed by atoms with Gasteiger partial charge in [-0.1, -0.05) is 0 Å². The Hall–Kier alpha value is 1.41. The third-order valence-corrected chi connectivity index (χ3v) is 19.5. The van der Waals surface area contributed by atoms with Crippen molar-refractivity contribution in [2.24, 2.45) is 0 Å². The molecule has 0 saturated carbocycles. The molecule has 0 heterocycles. The highest BCUT2D eigenvalue weighted by Crippen LogP contribution is 2.73. The Bertz CT molecular complexity index is 1400. The maximum Gasteiger partial charge on any atom is 0.330 e. The lowest BCUT2D eigenvalue weighted by molar-refractivity contribution is 0.274. The molecule has 275 valence electrons. The van der Waals surface area contributed by atoms with Gasteiger partial charge in [-0.2, -0.15) is 0 Å². The third kappa shape index (κ3) is 14.9. The molecule has 0 aromatic heterocycles. The van der Waals surface area contributed by atoms with E-state index in [2.05, 4.69) is 0 Å². The number of hydrogen-bond donors (Lipinski definition) is 18. The molecular weight excluding hydrogens is 830 g/mol. The van der Waals surface area contributed by atoms with Gasteiger partial charge in [-0.3, -0.25) is 41.1 Å². The van der Waals surface area contributed by atoms with Crippen LogP contribution in [0.15, 0.2) is 0 Å². The van der Waals surface area contributed by atoms with Gasteiger partial charge in [0, 0.05) is 8.41 Å². The molecule has 18 N–H and O–H groups in total. The molecule has 0 amide bonds. The molecule has 0 aromatic carbocycles. The van der Waals surface area contributed by atoms with E-state index < -0.39 is 120 Å². The predicted octanol–water partition coefficient (Wildman–Crippen LogP) is -4.21. The van der Waals surface area contributed by atoms with Crippen LogP contribution in [-0.2, 0) is 41.1 Å². The first-order chi connectivity index (χ1) is 19.0. The van der Waals surface area contributed by atoms with Gasteiger partial charge in [0.15, 0.2) is 0 Å². The molecule has 46 heavy (non-hydrogen) atoms. The Balaban J connectivity index is 0. The van der Waals surface area contributed by atoms with Gasteiger partial charge < -0.3 is 88.1 Å². The molecule has 3 radical (unpaired) electrons. The Morgan fingerprint density at radius 1 is 0.283 bits per heavy atom. The smallest absolute Gasteiger partial charge is 0.324 e. The van der Waals surface area contributed by atoms with E-state index in [0.717, 1.165) is 0 Å². The molecule has 6 unspecified atom stereocenters. The maximum atomic E-state index is 12.7. The van der Waals surface area contributed by atoms with Gasteiger partial charge in [0.2, 0.25) is 0 Å². The highest BCUT2D eigenvalue weighted by atomic mass is 31.2. The van der Waals surface area contributed by atoms with Crippen molar-refractivity contribution in [1.29, 1.82) is 0 Å². The molecule has 27 nitrogen and oxygen atoms in total. The van der Waals surface area contributed by atoms with E-state index in [1.807, 2.05) is 0 Å². The fourth-order valence-electron chi connectivity index (χ4n) is 4.42. The topological polar surface area (TPSA) is 518 Å². The van der Waals surface area contributed by atoms with E-state index in [-0.39, 0.29) is 8.41 Å². The van der Waals surface area contributed by atoms with Crippen molar-refractivity contribution in [3.8, 4) is 0 Å². The fraction of sp³-hybridized carbons (Fsp3) is 1.00. The van der Waals surface area contributed by atoms with Crippen LogP contribution in [0.25, 0.3) is 0 Å². The van der Waals surface area contributed by atoms with Crippen LogP contribution in [0, 0.1) is 0 Å². The van der Waals surface area contributed by atoms with E-state index in [4.69, 9.17) is 0 Å². The Labute approximate surface area is 257 Å². The van der Waals surface area contributed by atoms with Gasteiger partial charge in [-0.05, 0) is 0 Å². The monoisotopic (exact) mass is 859 g/mol. The first-order valence-corrected chi connectivity index (χ1v) is 25.9. The third-order valence-electron chi connectivity index (χ3n) is 5.84. The van der Waals surface area contributed by atoms with Crippen molar-refractivity contribution in [2.75, 3.05) is 12.3 Å². The minimum absolute atomic E-state index is 0. The van der Waals surface area contributed by atoms with Crippen LogP contribution in [0.1, 0.15) is 0 Å². The summed E-state index contributed by atoms with van der Waals surface area (Å²) in [6.07, 6.45) is -4.99. The summed E-state index contributed by atoms with van der Waals surface area (Å²) < 4.78 is 110. The largest absolute Gasteiger partial charge is 0.330 e. The zero-order chi connectivity index (χ0) is 37.0. The minimum atomic E-state index is -7.18. The Morgan fingerprint density at radius 2 is 0.435 bits per heavy atom. The first-order valence-electron chi connectivity index (χ1n) is 10.5. The Kier molecular flexibility index (Phi) is 16.8. The van der Waals surface area contributed by atoms with E-state index >= 15 is 0 Å². The molecule has 0 bridgehead atoms. The molecule has 0 saturated heterocycles. The van der Waals surface area contributed by atoms with Crippen molar-refractivity contribution < 1.29 is 129 Å². The predicted molar refractivity (Wildman–Crippen MR) is 150 cm³/mol. The lowest BCUT2D eigenvalue weighted by Gasteiger charge is -2.44. The summed E-state index contributed by atoms with van der Waals surface area (Å²) in [6, 6.07) is 0. The summed E-state index contributed by atoms with van der Waals surface area (Å²) >= 11 is 0. The highest BCUT2D eigenvalue weighted by molar-refractivity contribution is 7.64. The molecule has 0 aliphatic carbocycles. The zero-order valence-corrected chi connectivity index (χ0v) is 29.8. The lowest BCUT2D eigenvalue weighted by Crippen LogP contribution is -2.54. The van der Waals surface area contributed by atoms with Crippen molar-refractivity contribution in [1.82, 2.24) is 0 Å². The van der Waals surface area contributed by atoms with Gasteiger partial charge in [-0.25, -0.2) is 0 Å². The second-order valence-electron chi connectivity index (χ2n) is 9.41. The summed E-state index contributed by atoms with van der Waals surface area (Å²) in [5, 5.41) is 0. The molecule has 0 fully saturated rings. The van der Waals surface area contributed by atoms with Crippen molar-refractivity contribution >= 4 is 76.8 Å². The van der Waals surface area contributed by atoms with Crippen molar-refractivity contribution in [3.63, 3.8) is 0 Å². The molecule has 0 rings (SSSR count). The summed E-state index contributed by atoms with van der Waals surface area (Å²) in [5.74, 6) is 0. The summed E-state index contributed by atoms with van der Waals surface area (Å²) in [5.41, 5.74) is -29.3. The van der Waals surface area contributed by atoms with Crippen LogP contribution in [0.2, 0.25) is 0 Å². The number of hydrogen-bond acceptors (Lipinski definition) is 9. The highest BCUT2D eigenvalue weighted by Gasteiger charge is 2.69. The molecule has 0 aliphatic heterocycles. The number of rotatable bonds is 17. The van der Waals surface area contributed by atoms with E-state index in [9.17, 15) is 129 Å². The second-order valence-corrected chi connectivity index (χ2v) is 25.4. The van der Waals surface area contributed by atoms with E-state index in [1.165, 1.54) is 0 Å². The lowest BCUT2D eigenvalue weighted by atomic mass is 10.1. The fourth-order valence-corrected chi connectivity index (χ4v) is 23.1. The average Bonchev–Trinajstić information content (AvgIpc) is 2.62. The van der Waals surface area contributed by atoms with Crippen LogP contribution in [-0.4, -0.2) is 148 Å². The van der Waals surface area contributed by atoms with Crippen LogP contribution in [0.4, 0.5) is 0 Å². The molecular formula is C9H29BO27P9. The maximum absolute atomic E-state index is 12.7. The minimum Gasteiger partial charge on any atom is -0.324 e. The normalized spacial score (nSPS) is 19.7. The van der Waals surface area contributed by atoms with E-state index in [1.54, 1.807) is 0 Å². The van der Waals surface area contributed by atoms with Gasteiger partial charge >= 0.3 is 68.4 Å². The average molecular weight is 859 g/mol. The van der Waals surface area contributed by atoms with Crippen molar-refractivity contribution in [3.05, 3.63) is 0 Å². The van der Waals surface area contributed by atoms with Gasteiger partial charge in [0.1, 0.15) is 0 Å². The van der Waals surface area contributed by atoms with Crippen LogP contribution in [0.5, 0.6) is 0 Å².